The monoisotopic (exact) mass is 742 g/mol. The molecule has 0 aliphatic carbocycles. The molecule has 1 aliphatic heterocycles. The lowest BCUT2D eigenvalue weighted by molar-refractivity contribution is -0.107. The first-order valence-electron chi connectivity index (χ1n) is 20.1. The van der Waals surface area contributed by atoms with E-state index in [-0.39, 0.29) is 6.41 Å². The molecule has 1 aromatic carbocycles. The van der Waals surface area contributed by atoms with Gasteiger partial charge in [0, 0.05) is 62.8 Å². The van der Waals surface area contributed by atoms with Gasteiger partial charge in [0.1, 0.15) is 18.4 Å². The average molecular weight is 742 g/mol. The summed E-state index contributed by atoms with van der Waals surface area (Å²) in [7, 11) is 4.12. The maximum absolute atomic E-state index is 8.58. The van der Waals surface area contributed by atoms with Gasteiger partial charge in [0.2, 0.25) is 6.41 Å². The number of nitrogens with zero attached hydrogens (tertiary/aromatic N) is 4. The molecule has 1 saturated heterocycles. The Kier molecular flexibility index (Phi) is 25.6. The van der Waals surface area contributed by atoms with Crippen molar-refractivity contribution in [2.24, 2.45) is 22.6 Å². The molecule has 1 fully saturated rings. The number of carbonyl (C=O) groups excluding carboxylic acids is 2. The van der Waals surface area contributed by atoms with Crippen LogP contribution in [0.1, 0.15) is 112 Å². The Bertz CT molecular complexity index is 1280. The van der Waals surface area contributed by atoms with Crippen LogP contribution in [0.15, 0.2) is 35.3 Å². The standard InChI is InChI=1S/C40H70N6O2.CH3NO.CH2O/c1-8-10-23-39(42-6)46(37-31-38(41)43-36-22-15-14-20-34(36)37)26-17-16-24-45(7)25-19-28-48-30-29-47-27-18-12-11-13-21-35-33(5)40(9-2,44-35)32(3)4;2-1-3;1-2/h14-15,20,22,31-33,35,44H,8-13,16-19,21,23-30H2,1-7H3,(H2,41,43);1H,(H2,2,3);1H2. The first-order chi connectivity index (χ1) is 25.7. The Balaban J connectivity index is 0.00000267. The summed E-state index contributed by atoms with van der Waals surface area (Å²) in [4.78, 5) is 30.7. The van der Waals surface area contributed by atoms with Crippen LogP contribution >= 0.6 is 0 Å². The van der Waals surface area contributed by atoms with Crippen LogP contribution in [-0.2, 0) is 19.1 Å². The molecule has 2 heterocycles. The summed E-state index contributed by atoms with van der Waals surface area (Å²) in [5.74, 6) is 3.18. The number of aromatic nitrogens is 1. The van der Waals surface area contributed by atoms with E-state index in [0.29, 0.717) is 36.5 Å². The second-order valence-electron chi connectivity index (χ2n) is 14.5. The molecule has 1 aliphatic rings. The minimum Gasteiger partial charge on any atom is -0.384 e. The number of fused-ring (bicyclic) bond motifs is 1. The highest BCUT2D eigenvalue weighted by molar-refractivity contribution is 6.05. The van der Waals surface area contributed by atoms with Crippen LogP contribution in [0.4, 0.5) is 11.5 Å². The summed E-state index contributed by atoms with van der Waals surface area (Å²) in [6.45, 7) is 19.8. The number of pyridine rings is 1. The second kappa shape index (κ2) is 28.3. The number of aliphatic imine (C=N–C) groups is 1. The molecule has 3 rings (SSSR count). The summed E-state index contributed by atoms with van der Waals surface area (Å²) in [5.41, 5.74) is 12.8. The number of hydrogen-bond donors (Lipinski definition) is 3. The average Bonchev–Trinajstić information content (AvgIpc) is 3.15. The molecule has 53 heavy (non-hydrogen) atoms. The van der Waals surface area contributed by atoms with Crippen LogP contribution in [0.3, 0.4) is 0 Å². The lowest BCUT2D eigenvalue weighted by Crippen LogP contribution is -2.72. The summed E-state index contributed by atoms with van der Waals surface area (Å²) < 4.78 is 11.7. The predicted octanol–water partition coefficient (Wildman–Crippen LogP) is 7.26. The molecule has 3 atom stereocenters. The number of nitrogen functional groups attached to an aromatic ring is 1. The normalized spacial score (nSPS) is 18.2. The molecule has 5 N–H and O–H groups in total. The number of nitrogens with one attached hydrogen (secondary N) is 1. The largest absolute Gasteiger partial charge is 0.384 e. The topological polar surface area (TPSA) is 148 Å². The first kappa shape index (κ1) is 47.9. The number of anilines is 2. The summed E-state index contributed by atoms with van der Waals surface area (Å²) in [6.07, 6.45) is 14.3. The van der Waals surface area contributed by atoms with Gasteiger partial charge in [0.15, 0.2) is 0 Å². The minimum absolute atomic E-state index is 0.250. The SMILES string of the molecule is C=O.CCCCC(=NC)N(CCCCN(C)CCCOCCOCCCCCCC1NC(CC)(C(C)C)C1C)c1cc(N)nc2ccccc12.NC=O. The quantitative estimate of drug-likeness (QED) is 0.0414. The van der Waals surface area contributed by atoms with Crippen LogP contribution < -0.4 is 21.7 Å². The molecular formula is C42H75N7O4. The summed E-state index contributed by atoms with van der Waals surface area (Å²) >= 11 is 0. The fraction of sp³-hybridized carbons (Fsp3) is 0.714. The molecule has 2 aromatic rings. The van der Waals surface area contributed by atoms with Gasteiger partial charge in [-0.1, -0.05) is 78.5 Å². The van der Waals surface area contributed by atoms with Gasteiger partial charge in [-0.2, -0.15) is 0 Å². The van der Waals surface area contributed by atoms with Gasteiger partial charge in [-0.25, -0.2) is 4.98 Å². The molecule has 1 aromatic heterocycles. The molecular weight excluding hydrogens is 667 g/mol. The van der Waals surface area contributed by atoms with Crippen LogP contribution in [0, 0.1) is 11.8 Å². The Labute approximate surface area is 322 Å². The van der Waals surface area contributed by atoms with Crippen molar-refractivity contribution in [2.45, 2.75) is 123 Å². The minimum atomic E-state index is 0.250. The van der Waals surface area contributed by atoms with Gasteiger partial charge in [-0.05, 0) is 76.4 Å². The lowest BCUT2D eigenvalue weighted by atomic mass is 9.63. The maximum Gasteiger partial charge on any atom is 0.204 e. The molecule has 1 amide bonds. The number of rotatable bonds is 25. The highest BCUT2D eigenvalue weighted by Gasteiger charge is 2.50. The number of nitrogens with two attached hydrogens (primary N) is 2. The van der Waals surface area contributed by atoms with Crippen LogP contribution in [0.25, 0.3) is 10.9 Å². The number of unbranched alkanes of at least 4 members (excludes halogenated alkanes) is 5. The van der Waals surface area contributed by atoms with Crippen molar-refractivity contribution < 1.29 is 19.1 Å². The molecule has 0 bridgehead atoms. The first-order valence-corrected chi connectivity index (χ1v) is 20.1. The summed E-state index contributed by atoms with van der Waals surface area (Å²) in [5, 5.41) is 5.05. The van der Waals surface area contributed by atoms with Crippen molar-refractivity contribution in [3.8, 4) is 0 Å². The number of hydrogen-bond acceptors (Lipinski definition) is 9. The van der Waals surface area contributed by atoms with Gasteiger partial charge in [-0.3, -0.25) is 9.79 Å². The summed E-state index contributed by atoms with van der Waals surface area (Å²) in [6, 6.07) is 11.0. The molecule has 0 spiro atoms. The highest BCUT2D eigenvalue weighted by Crippen LogP contribution is 2.42. The molecule has 11 nitrogen and oxygen atoms in total. The molecule has 11 heteroatoms. The van der Waals surface area contributed by atoms with Crippen molar-refractivity contribution in [1.29, 1.82) is 0 Å². The number of ether oxygens (including phenoxy) is 2. The molecule has 3 unspecified atom stereocenters. The lowest BCUT2D eigenvalue weighted by Gasteiger charge is -2.58. The third kappa shape index (κ3) is 16.4. The zero-order valence-corrected chi connectivity index (χ0v) is 34.4. The van der Waals surface area contributed by atoms with Crippen LogP contribution in [-0.4, -0.2) is 101 Å². The highest BCUT2D eigenvalue weighted by atomic mass is 16.5. The van der Waals surface area contributed by atoms with E-state index in [2.05, 4.69) is 79.6 Å². The van der Waals surface area contributed by atoms with E-state index in [1.165, 1.54) is 32.1 Å². The zero-order valence-electron chi connectivity index (χ0n) is 34.4. The molecule has 0 saturated carbocycles. The van der Waals surface area contributed by atoms with Crippen molar-refractivity contribution in [1.82, 2.24) is 15.2 Å². The second-order valence-corrected chi connectivity index (χ2v) is 14.5. The Morgan fingerprint density at radius 3 is 2.23 bits per heavy atom. The van der Waals surface area contributed by atoms with Crippen LogP contribution in [0.5, 0.6) is 0 Å². The van der Waals surface area contributed by atoms with Gasteiger partial charge >= 0.3 is 0 Å². The van der Waals surface area contributed by atoms with Crippen LogP contribution in [0.2, 0.25) is 0 Å². The fourth-order valence-electron chi connectivity index (χ4n) is 7.65. The zero-order chi connectivity index (χ0) is 39.5. The van der Waals surface area contributed by atoms with Gasteiger partial charge in [0.25, 0.3) is 0 Å². The third-order valence-electron chi connectivity index (χ3n) is 10.7. The van der Waals surface area contributed by atoms with E-state index in [0.717, 1.165) is 106 Å². The van der Waals surface area contributed by atoms with E-state index in [1.54, 1.807) is 0 Å². The van der Waals surface area contributed by atoms with Crippen molar-refractivity contribution in [3.63, 3.8) is 0 Å². The van der Waals surface area contributed by atoms with E-state index in [4.69, 9.17) is 29.8 Å². The smallest absolute Gasteiger partial charge is 0.204 e. The van der Waals surface area contributed by atoms with Crippen molar-refractivity contribution in [2.75, 3.05) is 70.8 Å². The number of carbonyl (C=O) groups is 2. The van der Waals surface area contributed by atoms with E-state index >= 15 is 0 Å². The number of amides is 1. The Hall–Kier alpha value is -3.12. The van der Waals surface area contributed by atoms with E-state index in [9.17, 15) is 0 Å². The van der Waals surface area contributed by atoms with Crippen molar-refractivity contribution >= 4 is 41.4 Å². The van der Waals surface area contributed by atoms with E-state index < -0.39 is 0 Å². The predicted molar refractivity (Wildman–Crippen MR) is 224 cm³/mol. The van der Waals surface area contributed by atoms with E-state index in [1.807, 2.05) is 32.0 Å². The van der Waals surface area contributed by atoms with Gasteiger partial charge in [0.05, 0.1) is 24.4 Å². The Morgan fingerprint density at radius 1 is 0.981 bits per heavy atom. The number of amidine groups is 1. The molecule has 0 radical (unpaired) electrons. The third-order valence-corrected chi connectivity index (χ3v) is 10.7. The number of para-hydroxylation sites is 1. The maximum atomic E-state index is 8.58. The number of benzene rings is 1. The van der Waals surface area contributed by atoms with Gasteiger partial charge in [-0.15, -0.1) is 0 Å². The Morgan fingerprint density at radius 2 is 1.60 bits per heavy atom. The number of primary amides is 1. The molecule has 302 valence electrons. The van der Waals surface area contributed by atoms with Crippen molar-refractivity contribution in [3.05, 3.63) is 30.3 Å². The fourth-order valence-corrected chi connectivity index (χ4v) is 7.65. The van der Waals surface area contributed by atoms with Gasteiger partial charge < -0.3 is 40.9 Å².